The molecule has 2 aliphatic rings. The standard InChI is InChI=1S/C24H24ClN3O3/c1-14-13-24(2,3)27(4)20-9-8-15(10-18(14)20)11-19-21(29)26-23(31)28(22(19)30)17-7-5-6-16(25)12-17/h5-12,14H,13H2,1-4H3,(H,26,29,31)/b19-11+/t14-/m1/s1. The number of fused-ring (bicyclic) bond motifs is 1. The van der Waals surface area contributed by atoms with E-state index in [0.717, 1.165) is 22.6 Å². The number of hydrogen-bond donors (Lipinski definition) is 1. The number of hydrogen-bond acceptors (Lipinski definition) is 4. The van der Waals surface area contributed by atoms with Crippen molar-refractivity contribution in [3.05, 3.63) is 64.2 Å². The van der Waals surface area contributed by atoms with Crippen LogP contribution in [0.25, 0.3) is 6.08 Å². The van der Waals surface area contributed by atoms with Gasteiger partial charge in [0.25, 0.3) is 11.8 Å². The van der Waals surface area contributed by atoms with Gasteiger partial charge in [-0.25, -0.2) is 9.69 Å². The van der Waals surface area contributed by atoms with Crippen LogP contribution >= 0.6 is 11.6 Å². The number of nitrogens with one attached hydrogen (secondary N) is 1. The van der Waals surface area contributed by atoms with Gasteiger partial charge in [-0.15, -0.1) is 0 Å². The third-order valence-corrected chi connectivity index (χ3v) is 6.37. The summed E-state index contributed by atoms with van der Waals surface area (Å²) in [6, 6.07) is 11.5. The van der Waals surface area contributed by atoms with Crippen LogP contribution in [0.2, 0.25) is 5.02 Å². The summed E-state index contributed by atoms with van der Waals surface area (Å²) in [6.45, 7) is 6.62. The molecule has 7 heteroatoms. The van der Waals surface area contributed by atoms with Gasteiger partial charge < -0.3 is 4.90 Å². The average molecular weight is 438 g/mol. The Bertz CT molecular complexity index is 1140. The summed E-state index contributed by atoms with van der Waals surface area (Å²) in [5.74, 6) is -1.06. The normalized spacial score (nSPS) is 21.9. The quantitative estimate of drug-likeness (QED) is 0.544. The van der Waals surface area contributed by atoms with Gasteiger partial charge in [0.2, 0.25) is 0 Å². The van der Waals surface area contributed by atoms with Gasteiger partial charge in [0.1, 0.15) is 5.57 Å². The number of anilines is 2. The SMILES string of the molecule is C[C@@H]1CC(C)(C)N(C)c2ccc(/C=C3\C(=O)NC(=O)N(c4cccc(Cl)c4)C3=O)cc21. The van der Waals surface area contributed by atoms with Crippen LogP contribution in [0.1, 0.15) is 44.2 Å². The topological polar surface area (TPSA) is 69.7 Å². The van der Waals surface area contributed by atoms with Crippen LogP contribution < -0.4 is 15.1 Å². The summed E-state index contributed by atoms with van der Waals surface area (Å²) < 4.78 is 0. The maximum Gasteiger partial charge on any atom is 0.335 e. The minimum atomic E-state index is -0.794. The summed E-state index contributed by atoms with van der Waals surface area (Å²) in [5.41, 5.74) is 3.29. The molecule has 1 atom stereocenters. The first kappa shape index (κ1) is 21.1. The summed E-state index contributed by atoms with van der Waals surface area (Å²) >= 11 is 6.01. The molecule has 0 bridgehead atoms. The Morgan fingerprint density at radius 3 is 2.58 bits per heavy atom. The Hall–Kier alpha value is -3.12. The largest absolute Gasteiger partial charge is 0.369 e. The van der Waals surface area contributed by atoms with Gasteiger partial charge in [-0.1, -0.05) is 30.7 Å². The van der Waals surface area contributed by atoms with Gasteiger partial charge in [-0.3, -0.25) is 14.9 Å². The second kappa shape index (κ2) is 7.54. The van der Waals surface area contributed by atoms with Crippen LogP contribution in [0, 0.1) is 0 Å². The fraction of sp³-hybridized carbons (Fsp3) is 0.292. The molecular formula is C24H24ClN3O3. The Labute approximate surface area is 186 Å². The highest BCUT2D eigenvalue weighted by Gasteiger charge is 2.37. The Kier molecular flexibility index (Phi) is 5.13. The molecule has 0 unspecified atom stereocenters. The third kappa shape index (κ3) is 3.72. The molecule has 6 nitrogen and oxygen atoms in total. The zero-order valence-electron chi connectivity index (χ0n) is 17.9. The number of imide groups is 2. The Morgan fingerprint density at radius 2 is 1.87 bits per heavy atom. The van der Waals surface area contributed by atoms with Gasteiger partial charge in [0, 0.05) is 23.3 Å². The molecule has 160 valence electrons. The lowest BCUT2D eigenvalue weighted by Gasteiger charge is -2.45. The number of amides is 4. The lowest BCUT2D eigenvalue weighted by molar-refractivity contribution is -0.122. The van der Waals surface area contributed by atoms with Crippen molar-refractivity contribution in [1.29, 1.82) is 0 Å². The molecule has 1 N–H and O–H groups in total. The first-order chi connectivity index (χ1) is 14.6. The van der Waals surface area contributed by atoms with Gasteiger partial charge in [-0.2, -0.15) is 0 Å². The van der Waals surface area contributed by atoms with Gasteiger partial charge in [-0.05, 0) is 73.7 Å². The van der Waals surface area contributed by atoms with E-state index in [2.05, 4.69) is 38.0 Å². The molecule has 2 aromatic rings. The van der Waals surface area contributed by atoms with Crippen molar-refractivity contribution in [1.82, 2.24) is 5.32 Å². The van der Waals surface area contributed by atoms with E-state index in [1.165, 1.54) is 17.7 Å². The monoisotopic (exact) mass is 437 g/mol. The Balaban J connectivity index is 1.73. The number of nitrogens with zero attached hydrogens (tertiary/aromatic N) is 2. The molecule has 4 rings (SSSR count). The summed E-state index contributed by atoms with van der Waals surface area (Å²) in [7, 11) is 2.08. The van der Waals surface area contributed by atoms with E-state index in [1.807, 2.05) is 18.2 Å². The van der Waals surface area contributed by atoms with Crippen LogP contribution in [0.5, 0.6) is 0 Å². The lowest BCUT2D eigenvalue weighted by Crippen LogP contribution is -2.54. The number of halogens is 1. The van der Waals surface area contributed by atoms with E-state index in [4.69, 9.17) is 11.6 Å². The molecule has 1 fully saturated rings. The van der Waals surface area contributed by atoms with Gasteiger partial charge in [0.15, 0.2) is 0 Å². The van der Waals surface area contributed by atoms with E-state index in [9.17, 15) is 14.4 Å². The second-order valence-corrected chi connectivity index (χ2v) is 9.17. The summed E-state index contributed by atoms with van der Waals surface area (Å²) in [5, 5.41) is 2.63. The van der Waals surface area contributed by atoms with Crippen molar-refractivity contribution < 1.29 is 14.4 Å². The van der Waals surface area contributed by atoms with Crippen LogP contribution in [0.3, 0.4) is 0 Å². The van der Waals surface area contributed by atoms with Crippen molar-refractivity contribution >= 4 is 46.9 Å². The van der Waals surface area contributed by atoms with E-state index in [-0.39, 0.29) is 11.1 Å². The molecule has 4 amide bonds. The Morgan fingerprint density at radius 1 is 1.13 bits per heavy atom. The fourth-order valence-corrected chi connectivity index (χ4v) is 4.54. The molecule has 31 heavy (non-hydrogen) atoms. The number of carbonyl (C=O) groups excluding carboxylic acids is 3. The molecule has 1 saturated heterocycles. The smallest absolute Gasteiger partial charge is 0.335 e. The number of benzene rings is 2. The molecule has 0 saturated carbocycles. The maximum absolute atomic E-state index is 13.1. The fourth-order valence-electron chi connectivity index (χ4n) is 4.36. The van der Waals surface area contributed by atoms with Crippen molar-refractivity contribution in [2.24, 2.45) is 0 Å². The van der Waals surface area contributed by atoms with Crippen LogP contribution in [-0.2, 0) is 9.59 Å². The minimum Gasteiger partial charge on any atom is -0.369 e. The van der Waals surface area contributed by atoms with Gasteiger partial charge >= 0.3 is 6.03 Å². The molecule has 0 spiro atoms. The summed E-state index contributed by atoms with van der Waals surface area (Å²) in [4.78, 5) is 41.1. The van der Waals surface area contributed by atoms with Crippen molar-refractivity contribution in [3.63, 3.8) is 0 Å². The summed E-state index contributed by atoms with van der Waals surface area (Å²) in [6.07, 6.45) is 2.53. The number of barbiturate groups is 1. The van der Waals surface area contributed by atoms with Crippen molar-refractivity contribution in [3.8, 4) is 0 Å². The zero-order valence-corrected chi connectivity index (χ0v) is 18.7. The second-order valence-electron chi connectivity index (χ2n) is 8.73. The van der Waals surface area contributed by atoms with Crippen LogP contribution in [-0.4, -0.2) is 30.4 Å². The van der Waals surface area contributed by atoms with E-state index in [0.29, 0.717) is 16.6 Å². The maximum atomic E-state index is 13.1. The predicted octanol–water partition coefficient (Wildman–Crippen LogP) is 4.73. The van der Waals surface area contributed by atoms with Crippen LogP contribution in [0.4, 0.5) is 16.2 Å². The molecule has 2 heterocycles. The lowest BCUT2D eigenvalue weighted by atomic mass is 9.80. The van der Waals surface area contributed by atoms with E-state index >= 15 is 0 Å². The van der Waals surface area contributed by atoms with Crippen LogP contribution in [0.15, 0.2) is 48.0 Å². The molecule has 0 aromatic heterocycles. The first-order valence-electron chi connectivity index (χ1n) is 10.1. The minimum absolute atomic E-state index is 0.0451. The van der Waals surface area contributed by atoms with Crippen molar-refractivity contribution in [2.45, 2.75) is 38.6 Å². The van der Waals surface area contributed by atoms with E-state index < -0.39 is 17.8 Å². The van der Waals surface area contributed by atoms with Crippen molar-refractivity contribution in [2.75, 3.05) is 16.8 Å². The molecule has 2 aliphatic heterocycles. The average Bonchev–Trinajstić information content (AvgIpc) is 2.69. The van der Waals surface area contributed by atoms with E-state index in [1.54, 1.807) is 18.2 Å². The highest BCUT2D eigenvalue weighted by Crippen LogP contribution is 2.42. The predicted molar refractivity (Wildman–Crippen MR) is 122 cm³/mol. The number of urea groups is 1. The molecule has 0 radical (unpaired) electrons. The highest BCUT2D eigenvalue weighted by molar-refractivity contribution is 6.39. The number of carbonyl (C=O) groups is 3. The first-order valence-corrected chi connectivity index (χ1v) is 10.5. The molecule has 0 aliphatic carbocycles. The third-order valence-electron chi connectivity index (χ3n) is 6.14. The van der Waals surface area contributed by atoms with Gasteiger partial charge in [0.05, 0.1) is 5.69 Å². The molecule has 2 aromatic carbocycles. The zero-order chi connectivity index (χ0) is 22.5. The molecular weight excluding hydrogens is 414 g/mol. The highest BCUT2D eigenvalue weighted by atomic mass is 35.5. The number of rotatable bonds is 2.